The van der Waals surface area contributed by atoms with Crippen LogP contribution in [0.3, 0.4) is 0 Å². The van der Waals surface area contributed by atoms with Crippen LogP contribution in [0, 0.1) is 23.2 Å². The van der Waals surface area contributed by atoms with Crippen molar-refractivity contribution in [1.82, 2.24) is 20.9 Å². The van der Waals surface area contributed by atoms with Gasteiger partial charge < -0.3 is 30.9 Å². The van der Waals surface area contributed by atoms with Crippen molar-refractivity contribution in [3.63, 3.8) is 0 Å². The van der Waals surface area contributed by atoms with Gasteiger partial charge >= 0.3 is 5.97 Å². The first kappa shape index (κ1) is 41.0. The lowest BCUT2D eigenvalue weighted by molar-refractivity contribution is -0.166. The molecule has 0 aromatic rings. The summed E-state index contributed by atoms with van der Waals surface area (Å²) >= 11 is 1.60. The number of esters is 1. The SMILES string of the molecule is CCC(C)C1NC(=O)C(C)NC(=O)C(C)NC(=O)CCC2CSC(=N2)C(C)C(O)CC(C)CC(C(C)(C)C)OC(=O)C(C)N(C)C1O. The van der Waals surface area contributed by atoms with E-state index in [1.54, 1.807) is 32.7 Å². The van der Waals surface area contributed by atoms with Gasteiger partial charge in [0.2, 0.25) is 17.7 Å². The molecule has 47 heavy (non-hydrogen) atoms. The van der Waals surface area contributed by atoms with Crippen LogP contribution in [0.4, 0.5) is 0 Å². The van der Waals surface area contributed by atoms with E-state index in [9.17, 15) is 29.4 Å². The van der Waals surface area contributed by atoms with Crippen molar-refractivity contribution in [2.75, 3.05) is 12.8 Å². The Hall–Kier alpha value is -2.22. The topological polar surface area (TPSA) is 170 Å². The maximum atomic E-state index is 13.5. The number of carbonyl (C=O) groups is 4. The Morgan fingerprint density at radius 3 is 2.17 bits per heavy atom. The fourth-order valence-electron chi connectivity index (χ4n) is 5.68. The van der Waals surface area contributed by atoms with Crippen molar-refractivity contribution >= 4 is 40.5 Å². The minimum Gasteiger partial charge on any atom is -0.461 e. The minimum atomic E-state index is -1.23. The molecule has 0 radical (unpaired) electrons. The van der Waals surface area contributed by atoms with Crippen molar-refractivity contribution in [1.29, 1.82) is 0 Å². The third kappa shape index (κ3) is 12.0. The highest BCUT2D eigenvalue weighted by Gasteiger charge is 2.38. The molecule has 2 heterocycles. The number of hydrogen-bond donors (Lipinski definition) is 5. The van der Waals surface area contributed by atoms with Gasteiger partial charge in [-0.25, -0.2) is 0 Å². The molecule has 12 nitrogen and oxygen atoms in total. The summed E-state index contributed by atoms with van der Waals surface area (Å²) in [5.41, 5.74) is -0.378. The molecule has 270 valence electrons. The zero-order valence-electron chi connectivity index (χ0n) is 30.3. The molecule has 0 aliphatic carbocycles. The first-order valence-corrected chi connectivity index (χ1v) is 18.1. The van der Waals surface area contributed by atoms with Gasteiger partial charge in [-0.15, -0.1) is 11.8 Å². The third-order valence-corrected chi connectivity index (χ3v) is 11.0. The van der Waals surface area contributed by atoms with Crippen molar-refractivity contribution in [3.8, 4) is 0 Å². The van der Waals surface area contributed by atoms with Gasteiger partial charge in [0.1, 0.15) is 30.5 Å². The van der Waals surface area contributed by atoms with E-state index in [1.165, 1.54) is 11.8 Å². The van der Waals surface area contributed by atoms with Crippen molar-refractivity contribution < 1.29 is 34.1 Å². The number of cyclic esters (lactones) is 1. The number of carbonyl (C=O) groups excluding carboxylic acids is 4. The van der Waals surface area contributed by atoms with E-state index in [0.717, 1.165) is 10.8 Å². The number of rotatable bonds is 2. The number of aliphatic hydroxyl groups is 2. The highest BCUT2D eigenvalue weighted by atomic mass is 32.2. The van der Waals surface area contributed by atoms with Crippen LogP contribution in [-0.2, 0) is 23.9 Å². The number of amides is 3. The van der Waals surface area contributed by atoms with E-state index in [4.69, 9.17) is 9.73 Å². The molecule has 0 aromatic carbocycles. The number of aliphatic imine (C=N–C) groups is 1. The van der Waals surface area contributed by atoms with E-state index < -0.39 is 60.4 Å². The maximum absolute atomic E-state index is 13.5. The monoisotopic (exact) mass is 683 g/mol. The molecule has 0 fully saturated rings. The van der Waals surface area contributed by atoms with E-state index >= 15 is 0 Å². The van der Waals surface area contributed by atoms with E-state index in [-0.39, 0.29) is 41.5 Å². The van der Waals surface area contributed by atoms with Gasteiger partial charge in [0, 0.05) is 18.1 Å². The van der Waals surface area contributed by atoms with Crippen LogP contribution in [0.5, 0.6) is 0 Å². The summed E-state index contributed by atoms with van der Waals surface area (Å²) in [6.45, 7) is 18.6. The van der Waals surface area contributed by atoms with Crippen LogP contribution >= 0.6 is 11.8 Å². The Morgan fingerprint density at radius 1 is 0.979 bits per heavy atom. The first-order chi connectivity index (χ1) is 21.8. The first-order valence-electron chi connectivity index (χ1n) is 17.2. The van der Waals surface area contributed by atoms with Gasteiger partial charge in [0.15, 0.2) is 0 Å². The van der Waals surface area contributed by atoms with Crippen molar-refractivity contribution in [2.24, 2.45) is 28.2 Å². The molecule has 0 saturated carbocycles. The number of thioether (sulfide) groups is 1. The average molecular weight is 684 g/mol. The number of likely N-dealkylation sites (N-methyl/N-ethyl adjacent to an activating group) is 1. The highest BCUT2D eigenvalue weighted by molar-refractivity contribution is 8.14. The molecule has 2 aliphatic rings. The summed E-state index contributed by atoms with van der Waals surface area (Å²) in [7, 11) is 1.61. The Morgan fingerprint density at radius 2 is 1.57 bits per heavy atom. The van der Waals surface area contributed by atoms with E-state index in [2.05, 4.69) is 16.0 Å². The number of nitrogens with zero attached hydrogens (tertiary/aromatic N) is 2. The van der Waals surface area contributed by atoms with Crippen LogP contribution in [0.1, 0.15) is 101 Å². The molecule has 13 heteroatoms. The lowest BCUT2D eigenvalue weighted by Gasteiger charge is -2.38. The summed E-state index contributed by atoms with van der Waals surface area (Å²) < 4.78 is 6.10. The molecule has 11 atom stereocenters. The molecule has 2 bridgehead atoms. The fraction of sp³-hybridized carbons (Fsp3) is 0.853. The Balaban J connectivity index is 2.37. The van der Waals surface area contributed by atoms with Crippen LogP contribution in [0.25, 0.3) is 0 Å². The number of ether oxygens (including phenoxy) is 1. The molecule has 2 aliphatic heterocycles. The number of hydrogen-bond acceptors (Lipinski definition) is 10. The zero-order chi connectivity index (χ0) is 35.8. The summed E-state index contributed by atoms with van der Waals surface area (Å²) in [4.78, 5) is 58.6. The maximum Gasteiger partial charge on any atom is 0.323 e. The van der Waals surface area contributed by atoms with Crippen LogP contribution in [-0.4, -0.2) is 105 Å². The second-order valence-electron chi connectivity index (χ2n) is 14.9. The summed E-state index contributed by atoms with van der Waals surface area (Å²) in [6, 6.07) is -3.46. The summed E-state index contributed by atoms with van der Waals surface area (Å²) in [5, 5.41) is 31.7. The second-order valence-corrected chi connectivity index (χ2v) is 15.9. The molecule has 5 N–H and O–H groups in total. The second kappa shape index (κ2) is 18.0. The minimum absolute atomic E-state index is 0.0365. The van der Waals surface area contributed by atoms with E-state index in [1.807, 2.05) is 48.5 Å². The van der Waals surface area contributed by atoms with Gasteiger partial charge in [0.25, 0.3) is 0 Å². The zero-order valence-corrected chi connectivity index (χ0v) is 31.1. The predicted octanol–water partition coefficient (Wildman–Crippen LogP) is 2.84. The third-order valence-electron chi connectivity index (χ3n) is 9.67. The molecule has 0 spiro atoms. The number of fused-ring (bicyclic) bond motifs is 1. The number of aliphatic hydroxyl groups excluding tert-OH is 2. The van der Waals surface area contributed by atoms with E-state index in [0.29, 0.717) is 25.7 Å². The molecule has 0 saturated heterocycles. The molecule has 3 amide bonds. The standard InChI is InChI=1S/C34H61N5O7S/c1-12-19(3)28-32(44)39(11)23(7)33(45)46-26(34(8,9)10)16-18(2)15-25(40)20(4)31-37-24(17-47-31)13-14-27(41)35-21(5)29(42)36-22(6)30(43)38-28/h18-26,28,32,40,44H,12-17H2,1-11H3,(H,35,41)(H,36,42)(H,38,43). The Bertz CT molecular complexity index is 1110. The van der Waals surface area contributed by atoms with Gasteiger partial charge in [0.05, 0.1) is 23.2 Å². The highest BCUT2D eigenvalue weighted by Crippen LogP contribution is 2.33. The van der Waals surface area contributed by atoms with Crippen LogP contribution in [0.2, 0.25) is 0 Å². The van der Waals surface area contributed by atoms with Gasteiger partial charge in [-0.05, 0) is 64.3 Å². The van der Waals surface area contributed by atoms with Gasteiger partial charge in [-0.1, -0.05) is 54.9 Å². The lowest BCUT2D eigenvalue weighted by Crippen LogP contribution is -2.60. The quantitative estimate of drug-likeness (QED) is 0.275. The normalized spacial score (nSPS) is 36.1. The average Bonchev–Trinajstić information content (AvgIpc) is 3.48. The number of nitrogens with one attached hydrogen (secondary N) is 3. The van der Waals surface area contributed by atoms with Crippen molar-refractivity contribution in [3.05, 3.63) is 0 Å². The smallest absolute Gasteiger partial charge is 0.323 e. The summed E-state index contributed by atoms with van der Waals surface area (Å²) in [6.07, 6.45) is 0.0744. The molecular formula is C34H61N5O7S. The molecule has 0 aromatic heterocycles. The largest absolute Gasteiger partial charge is 0.461 e. The van der Waals surface area contributed by atoms with Crippen LogP contribution < -0.4 is 16.0 Å². The lowest BCUT2D eigenvalue weighted by atomic mass is 9.81. The molecule has 2 rings (SSSR count). The van der Waals surface area contributed by atoms with Gasteiger partial charge in [-0.2, -0.15) is 0 Å². The Labute approximate surface area is 286 Å². The predicted molar refractivity (Wildman–Crippen MR) is 186 cm³/mol. The molecule has 11 unspecified atom stereocenters. The van der Waals surface area contributed by atoms with Crippen molar-refractivity contribution in [2.45, 2.75) is 150 Å². The van der Waals surface area contributed by atoms with Gasteiger partial charge in [-0.3, -0.25) is 29.1 Å². The Kier molecular flexibility index (Phi) is 15.7. The molecular weight excluding hydrogens is 622 g/mol. The fourth-order valence-corrected chi connectivity index (χ4v) is 6.92. The summed E-state index contributed by atoms with van der Waals surface area (Å²) in [5.74, 6) is -1.38. The van der Waals surface area contributed by atoms with Crippen LogP contribution in [0.15, 0.2) is 4.99 Å².